The number of primary amides is 1. The molecule has 4 nitrogen and oxygen atoms in total. The fourth-order valence-electron chi connectivity index (χ4n) is 2.91. The number of nitrogens with two attached hydrogens (primary N) is 1. The summed E-state index contributed by atoms with van der Waals surface area (Å²) in [5.74, 6) is 0.300. The number of hydrogen-bond acceptors (Lipinski definition) is 3. The molecular weight excluding hydrogens is 262 g/mol. The van der Waals surface area contributed by atoms with E-state index in [1.807, 2.05) is 0 Å². The quantitative estimate of drug-likeness (QED) is 0.757. The summed E-state index contributed by atoms with van der Waals surface area (Å²) in [5.41, 5.74) is 7.89. The predicted octanol–water partition coefficient (Wildman–Crippen LogP) is 2.28. The lowest BCUT2D eigenvalue weighted by atomic mass is 9.93. The highest BCUT2D eigenvalue weighted by molar-refractivity contribution is 5.74. The van der Waals surface area contributed by atoms with Crippen LogP contribution in [-0.2, 0) is 11.3 Å². The maximum absolute atomic E-state index is 11.0. The monoisotopic (exact) mass is 289 g/mol. The first-order valence-electron chi connectivity index (χ1n) is 8.02. The van der Waals surface area contributed by atoms with Crippen LogP contribution in [0.3, 0.4) is 0 Å². The molecule has 0 aliphatic carbocycles. The van der Waals surface area contributed by atoms with Gasteiger partial charge < -0.3 is 16.0 Å². The first-order chi connectivity index (χ1) is 10.2. The fourth-order valence-corrected chi connectivity index (χ4v) is 2.91. The van der Waals surface area contributed by atoms with Gasteiger partial charge in [-0.1, -0.05) is 19.1 Å². The summed E-state index contributed by atoms with van der Waals surface area (Å²) >= 11 is 0. The Bertz CT molecular complexity index is 436. The summed E-state index contributed by atoms with van der Waals surface area (Å²) in [5, 5.41) is 3.42. The molecule has 1 saturated heterocycles. The van der Waals surface area contributed by atoms with E-state index in [9.17, 15) is 4.79 Å². The Labute approximate surface area is 127 Å². The average Bonchev–Trinajstić information content (AvgIpc) is 2.49. The third-order valence-electron chi connectivity index (χ3n) is 4.16. The van der Waals surface area contributed by atoms with Crippen LogP contribution in [0.4, 0.5) is 5.69 Å². The second-order valence-electron chi connectivity index (χ2n) is 5.94. The van der Waals surface area contributed by atoms with Crippen molar-refractivity contribution in [2.75, 3.05) is 24.5 Å². The van der Waals surface area contributed by atoms with Crippen molar-refractivity contribution < 1.29 is 4.79 Å². The molecule has 0 saturated carbocycles. The summed E-state index contributed by atoms with van der Waals surface area (Å²) < 4.78 is 0. The van der Waals surface area contributed by atoms with E-state index in [0.29, 0.717) is 12.3 Å². The number of carbonyl (C=O) groups excluding carboxylic acids is 1. The molecule has 0 aromatic heterocycles. The van der Waals surface area contributed by atoms with Crippen molar-refractivity contribution in [1.82, 2.24) is 5.32 Å². The first-order valence-corrected chi connectivity index (χ1v) is 8.02. The third kappa shape index (κ3) is 5.05. The molecule has 0 bridgehead atoms. The van der Waals surface area contributed by atoms with Crippen molar-refractivity contribution in [2.45, 2.75) is 39.2 Å². The van der Waals surface area contributed by atoms with Crippen molar-refractivity contribution in [3.8, 4) is 0 Å². The molecule has 1 amide bonds. The Morgan fingerprint density at radius 2 is 1.95 bits per heavy atom. The lowest BCUT2D eigenvalue weighted by Crippen LogP contribution is -2.35. The Balaban J connectivity index is 1.81. The second kappa shape index (κ2) is 8.03. The van der Waals surface area contributed by atoms with Crippen LogP contribution in [0.15, 0.2) is 24.3 Å². The zero-order valence-electron chi connectivity index (χ0n) is 13.0. The standard InChI is InChI=1S/C17H27N3O/c1-2-9-19-13-15-3-5-16(6-4-15)20-10-7-14(8-11-20)12-17(18)21/h3-6,14,19H,2,7-13H2,1H3,(H2,18,21). The lowest BCUT2D eigenvalue weighted by molar-refractivity contribution is -0.119. The Morgan fingerprint density at radius 3 is 2.52 bits per heavy atom. The molecule has 0 unspecified atom stereocenters. The maximum Gasteiger partial charge on any atom is 0.217 e. The van der Waals surface area contributed by atoms with Gasteiger partial charge in [0.05, 0.1) is 0 Å². The topological polar surface area (TPSA) is 58.4 Å². The van der Waals surface area contributed by atoms with Gasteiger partial charge in [0, 0.05) is 31.7 Å². The van der Waals surface area contributed by atoms with E-state index >= 15 is 0 Å². The van der Waals surface area contributed by atoms with E-state index < -0.39 is 0 Å². The molecule has 2 rings (SSSR count). The van der Waals surface area contributed by atoms with Crippen LogP contribution in [0.2, 0.25) is 0 Å². The minimum Gasteiger partial charge on any atom is -0.372 e. The van der Waals surface area contributed by atoms with E-state index in [4.69, 9.17) is 5.73 Å². The molecule has 21 heavy (non-hydrogen) atoms. The molecule has 1 aliphatic heterocycles. The first kappa shape index (κ1) is 15.8. The molecule has 1 aliphatic rings. The minimum absolute atomic E-state index is 0.169. The second-order valence-corrected chi connectivity index (χ2v) is 5.94. The molecule has 1 aromatic carbocycles. The number of nitrogens with zero attached hydrogens (tertiary/aromatic N) is 1. The predicted molar refractivity (Wildman–Crippen MR) is 87.2 cm³/mol. The molecule has 0 atom stereocenters. The van der Waals surface area contributed by atoms with Crippen LogP contribution < -0.4 is 16.0 Å². The Hall–Kier alpha value is -1.55. The van der Waals surface area contributed by atoms with Crippen LogP contribution in [0.1, 0.15) is 38.2 Å². The molecule has 0 spiro atoms. The average molecular weight is 289 g/mol. The van der Waals surface area contributed by atoms with E-state index in [1.54, 1.807) is 0 Å². The largest absolute Gasteiger partial charge is 0.372 e. The number of anilines is 1. The van der Waals surface area contributed by atoms with Gasteiger partial charge in [0.2, 0.25) is 5.91 Å². The molecule has 0 radical (unpaired) electrons. The summed E-state index contributed by atoms with van der Waals surface area (Å²) in [6.45, 7) is 6.22. The van der Waals surface area contributed by atoms with Gasteiger partial charge in [0.15, 0.2) is 0 Å². The van der Waals surface area contributed by atoms with E-state index in [1.165, 1.54) is 17.7 Å². The fraction of sp³-hybridized carbons (Fsp3) is 0.588. The molecule has 4 heteroatoms. The molecule has 116 valence electrons. The van der Waals surface area contributed by atoms with Crippen LogP contribution in [-0.4, -0.2) is 25.5 Å². The summed E-state index contributed by atoms with van der Waals surface area (Å²) in [4.78, 5) is 13.4. The number of nitrogens with one attached hydrogen (secondary N) is 1. The summed E-state index contributed by atoms with van der Waals surface area (Å²) in [7, 11) is 0. The zero-order valence-corrected chi connectivity index (χ0v) is 13.0. The molecule has 3 N–H and O–H groups in total. The molecule has 1 fully saturated rings. The number of rotatable bonds is 7. The van der Waals surface area contributed by atoms with Gasteiger partial charge >= 0.3 is 0 Å². The number of amides is 1. The van der Waals surface area contributed by atoms with Gasteiger partial charge in [-0.3, -0.25) is 4.79 Å². The Kier molecular flexibility index (Phi) is 6.05. The van der Waals surface area contributed by atoms with Gasteiger partial charge in [-0.05, 0) is 49.4 Å². The maximum atomic E-state index is 11.0. The zero-order chi connectivity index (χ0) is 15.1. The third-order valence-corrected chi connectivity index (χ3v) is 4.16. The van der Waals surface area contributed by atoms with Gasteiger partial charge in [0.25, 0.3) is 0 Å². The normalized spacial score (nSPS) is 16.1. The van der Waals surface area contributed by atoms with Crippen molar-refractivity contribution >= 4 is 11.6 Å². The van der Waals surface area contributed by atoms with Gasteiger partial charge in [-0.15, -0.1) is 0 Å². The highest BCUT2D eigenvalue weighted by Crippen LogP contribution is 2.25. The molecule has 1 heterocycles. The van der Waals surface area contributed by atoms with Gasteiger partial charge in [-0.2, -0.15) is 0 Å². The SMILES string of the molecule is CCCNCc1ccc(N2CCC(CC(N)=O)CC2)cc1. The van der Waals surface area contributed by atoms with Crippen molar-refractivity contribution in [3.05, 3.63) is 29.8 Å². The van der Waals surface area contributed by atoms with Crippen LogP contribution >= 0.6 is 0 Å². The lowest BCUT2D eigenvalue weighted by Gasteiger charge is -2.33. The highest BCUT2D eigenvalue weighted by atomic mass is 16.1. The van der Waals surface area contributed by atoms with Crippen LogP contribution in [0.25, 0.3) is 0 Å². The summed E-state index contributed by atoms with van der Waals surface area (Å²) in [6, 6.07) is 8.82. The molecular formula is C17H27N3O. The van der Waals surface area contributed by atoms with Crippen molar-refractivity contribution in [3.63, 3.8) is 0 Å². The van der Waals surface area contributed by atoms with Gasteiger partial charge in [-0.25, -0.2) is 0 Å². The highest BCUT2D eigenvalue weighted by Gasteiger charge is 2.20. The smallest absolute Gasteiger partial charge is 0.217 e. The minimum atomic E-state index is -0.169. The number of benzene rings is 1. The molecule has 1 aromatic rings. The van der Waals surface area contributed by atoms with Crippen molar-refractivity contribution in [2.24, 2.45) is 11.7 Å². The number of carbonyl (C=O) groups is 1. The van der Waals surface area contributed by atoms with Crippen molar-refractivity contribution in [1.29, 1.82) is 0 Å². The van der Waals surface area contributed by atoms with Crippen LogP contribution in [0, 0.1) is 5.92 Å². The number of hydrogen-bond donors (Lipinski definition) is 2. The van der Waals surface area contributed by atoms with Gasteiger partial charge in [0.1, 0.15) is 0 Å². The van der Waals surface area contributed by atoms with E-state index in [0.717, 1.165) is 39.0 Å². The van der Waals surface area contributed by atoms with E-state index in [2.05, 4.69) is 41.4 Å². The Morgan fingerprint density at radius 1 is 1.29 bits per heavy atom. The van der Waals surface area contributed by atoms with Crippen LogP contribution in [0.5, 0.6) is 0 Å². The number of piperidine rings is 1. The summed E-state index contributed by atoms with van der Waals surface area (Å²) in [6.07, 6.45) is 3.82. The van der Waals surface area contributed by atoms with E-state index in [-0.39, 0.29) is 5.91 Å².